The van der Waals surface area contributed by atoms with Crippen LogP contribution in [0.4, 0.5) is 0 Å². The number of nitrogens with two attached hydrogens (primary N) is 1. The van der Waals surface area contributed by atoms with Gasteiger partial charge in [0, 0.05) is 0 Å². The van der Waals surface area contributed by atoms with Gasteiger partial charge in [-0.3, -0.25) is 0 Å². The second kappa shape index (κ2) is 4.99. The predicted octanol–water partition coefficient (Wildman–Crippen LogP) is 2.37. The number of hydrogen-bond donors (Lipinski definition) is 1. The maximum Gasteiger partial charge on any atom is 0.244 e. The standard InChI is InChI=1S/C10H19N3OS/c1-5-15-6-7-12-9(14-13-7)8(11)10(2,3)4/h8H,5-6,11H2,1-4H3/t8-/m1/s1. The molecule has 4 nitrogen and oxygen atoms in total. The molecule has 0 radical (unpaired) electrons. The topological polar surface area (TPSA) is 64.9 Å². The van der Waals surface area contributed by atoms with Crippen LogP contribution in [-0.4, -0.2) is 15.9 Å². The molecule has 15 heavy (non-hydrogen) atoms. The average Bonchev–Trinajstić information content (AvgIpc) is 2.60. The van der Waals surface area contributed by atoms with Gasteiger partial charge in [-0.2, -0.15) is 16.7 Å². The van der Waals surface area contributed by atoms with Crippen LogP contribution in [-0.2, 0) is 5.75 Å². The highest BCUT2D eigenvalue weighted by molar-refractivity contribution is 7.98. The van der Waals surface area contributed by atoms with Gasteiger partial charge in [-0.15, -0.1) is 0 Å². The van der Waals surface area contributed by atoms with E-state index in [1.54, 1.807) is 11.8 Å². The van der Waals surface area contributed by atoms with Crippen molar-refractivity contribution < 1.29 is 4.52 Å². The van der Waals surface area contributed by atoms with E-state index in [9.17, 15) is 0 Å². The van der Waals surface area contributed by atoms with E-state index in [0.29, 0.717) is 5.89 Å². The maximum atomic E-state index is 6.01. The lowest BCUT2D eigenvalue weighted by Gasteiger charge is -2.23. The van der Waals surface area contributed by atoms with E-state index >= 15 is 0 Å². The zero-order chi connectivity index (χ0) is 11.5. The van der Waals surface area contributed by atoms with Crippen LogP contribution in [0.2, 0.25) is 0 Å². The first-order valence-electron chi connectivity index (χ1n) is 5.11. The Morgan fingerprint density at radius 3 is 2.67 bits per heavy atom. The number of hydrogen-bond acceptors (Lipinski definition) is 5. The van der Waals surface area contributed by atoms with E-state index in [0.717, 1.165) is 17.3 Å². The van der Waals surface area contributed by atoms with Crippen LogP contribution in [0.15, 0.2) is 4.52 Å². The van der Waals surface area contributed by atoms with E-state index in [4.69, 9.17) is 10.3 Å². The van der Waals surface area contributed by atoms with Crippen molar-refractivity contribution in [2.75, 3.05) is 5.75 Å². The molecule has 0 bridgehead atoms. The van der Waals surface area contributed by atoms with E-state index in [1.165, 1.54) is 0 Å². The van der Waals surface area contributed by atoms with E-state index in [-0.39, 0.29) is 11.5 Å². The minimum atomic E-state index is -0.203. The number of rotatable bonds is 4. The van der Waals surface area contributed by atoms with Crippen LogP contribution in [0.25, 0.3) is 0 Å². The SMILES string of the molecule is CCSCc1noc([C@@H](N)C(C)(C)C)n1. The van der Waals surface area contributed by atoms with Crippen LogP contribution in [0.1, 0.15) is 45.5 Å². The lowest BCUT2D eigenvalue weighted by molar-refractivity contribution is 0.252. The fourth-order valence-electron chi connectivity index (χ4n) is 1.02. The molecule has 1 aromatic rings. The zero-order valence-corrected chi connectivity index (χ0v) is 10.6. The smallest absolute Gasteiger partial charge is 0.244 e. The van der Waals surface area contributed by atoms with Gasteiger partial charge < -0.3 is 10.3 Å². The molecule has 1 aromatic heterocycles. The molecule has 0 aromatic carbocycles. The van der Waals surface area contributed by atoms with E-state index in [1.807, 2.05) is 0 Å². The summed E-state index contributed by atoms with van der Waals surface area (Å²) in [5, 5.41) is 3.90. The maximum absolute atomic E-state index is 6.01. The molecular formula is C10H19N3OS. The molecule has 1 rings (SSSR count). The second-order valence-corrected chi connectivity index (χ2v) is 5.80. The van der Waals surface area contributed by atoms with Crippen LogP contribution in [0.5, 0.6) is 0 Å². The fraction of sp³-hybridized carbons (Fsp3) is 0.800. The highest BCUT2D eigenvalue weighted by Gasteiger charge is 2.27. The van der Waals surface area contributed by atoms with Crippen molar-refractivity contribution in [3.05, 3.63) is 11.7 Å². The van der Waals surface area contributed by atoms with Crippen LogP contribution < -0.4 is 5.73 Å². The monoisotopic (exact) mass is 229 g/mol. The summed E-state index contributed by atoms with van der Waals surface area (Å²) in [5.74, 6) is 3.11. The minimum absolute atomic E-state index is 0.0539. The van der Waals surface area contributed by atoms with Crippen molar-refractivity contribution in [3.8, 4) is 0 Å². The molecule has 2 N–H and O–H groups in total. The first-order chi connectivity index (χ1) is 6.95. The molecule has 5 heteroatoms. The molecule has 1 heterocycles. The number of nitrogens with zero attached hydrogens (tertiary/aromatic N) is 2. The van der Waals surface area contributed by atoms with Crippen molar-refractivity contribution >= 4 is 11.8 Å². The lowest BCUT2D eigenvalue weighted by atomic mass is 9.87. The summed E-state index contributed by atoms with van der Waals surface area (Å²) < 4.78 is 5.15. The fourth-order valence-corrected chi connectivity index (χ4v) is 1.52. The number of thioether (sulfide) groups is 1. The van der Waals surface area contributed by atoms with E-state index in [2.05, 4.69) is 37.8 Å². The highest BCUT2D eigenvalue weighted by atomic mass is 32.2. The largest absolute Gasteiger partial charge is 0.338 e. The third-order valence-electron chi connectivity index (χ3n) is 2.12. The van der Waals surface area contributed by atoms with Crippen LogP contribution in [0.3, 0.4) is 0 Å². The number of aromatic nitrogens is 2. The summed E-state index contributed by atoms with van der Waals surface area (Å²) in [6.07, 6.45) is 0. The van der Waals surface area contributed by atoms with Crippen LogP contribution >= 0.6 is 11.8 Å². The predicted molar refractivity (Wildman–Crippen MR) is 62.5 cm³/mol. The molecule has 0 spiro atoms. The molecule has 0 saturated carbocycles. The molecular weight excluding hydrogens is 210 g/mol. The molecule has 1 atom stereocenters. The molecule has 0 aliphatic rings. The Bertz CT molecular complexity index is 306. The van der Waals surface area contributed by atoms with Gasteiger partial charge in [-0.1, -0.05) is 32.9 Å². The van der Waals surface area contributed by atoms with Gasteiger partial charge in [0.2, 0.25) is 5.89 Å². The third-order valence-corrected chi connectivity index (χ3v) is 2.99. The van der Waals surface area contributed by atoms with Crippen LogP contribution in [0, 0.1) is 5.41 Å². The Labute approximate surface area is 95.0 Å². The molecule has 0 saturated heterocycles. The third kappa shape index (κ3) is 3.50. The molecule has 0 amide bonds. The van der Waals surface area contributed by atoms with E-state index < -0.39 is 0 Å². The highest BCUT2D eigenvalue weighted by Crippen LogP contribution is 2.29. The van der Waals surface area contributed by atoms with Gasteiger partial charge in [0.05, 0.1) is 11.8 Å². The molecule has 0 aliphatic carbocycles. The summed E-state index contributed by atoms with van der Waals surface area (Å²) in [4.78, 5) is 4.29. The Kier molecular flexibility index (Phi) is 4.16. The quantitative estimate of drug-likeness (QED) is 0.858. The summed E-state index contributed by atoms with van der Waals surface area (Å²) in [6, 6.07) is -0.203. The minimum Gasteiger partial charge on any atom is -0.338 e. The molecule has 86 valence electrons. The molecule has 0 fully saturated rings. The summed E-state index contributed by atoms with van der Waals surface area (Å²) in [7, 11) is 0. The zero-order valence-electron chi connectivity index (χ0n) is 9.78. The van der Waals surface area contributed by atoms with Crippen molar-refractivity contribution in [1.29, 1.82) is 0 Å². The first-order valence-corrected chi connectivity index (χ1v) is 6.26. The Hall–Kier alpha value is -0.550. The van der Waals surface area contributed by atoms with Crippen molar-refractivity contribution in [2.24, 2.45) is 11.1 Å². The summed E-state index contributed by atoms with van der Waals surface area (Å²) >= 11 is 1.77. The summed E-state index contributed by atoms with van der Waals surface area (Å²) in [6.45, 7) is 8.28. The average molecular weight is 229 g/mol. The summed E-state index contributed by atoms with van der Waals surface area (Å²) in [5.41, 5.74) is 5.96. The van der Waals surface area contributed by atoms with Gasteiger partial charge in [0.25, 0.3) is 0 Å². The van der Waals surface area contributed by atoms with Crippen molar-refractivity contribution in [2.45, 2.75) is 39.5 Å². The molecule has 0 unspecified atom stereocenters. The van der Waals surface area contributed by atoms with Crippen molar-refractivity contribution in [1.82, 2.24) is 10.1 Å². The lowest BCUT2D eigenvalue weighted by Crippen LogP contribution is -2.26. The Balaban J connectivity index is 2.67. The Morgan fingerprint density at radius 1 is 1.47 bits per heavy atom. The van der Waals surface area contributed by atoms with Crippen molar-refractivity contribution in [3.63, 3.8) is 0 Å². The van der Waals surface area contributed by atoms with Gasteiger partial charge >= 0.3 is 0 Å². The van der Waals surface area contributed by atoms with Gasteiger partial charge in [-0.05, 0) is 11.2 Å². The van der Waals surface area contributed by atoms with Gasteiger partial charge in [-0.25, -0.2) is 0 Å². The molecule has 0 aliphatic heterocycles. The normalized spacial score (nSPS) is 14.2. The van der Waals surface area contributed by atoms with Gasteiger partial charge in [0.15, 0.2) is 5.82 Å². The van der Waals surface area contributed by atoms with Gasteiger partial charge in [0.1, 0.15) is 0 Å². The second-order valence-electron chi connectivity index (χ2n) is 4.53. The first kappa shape index (κ1) is 12.5. The Morgan fingerprint density at radius 2 is 2.13 bits per heavy atom.